The summed E-state index contributed by atoms with van der Waals surface area (Å²) < 4.78 is 13.1. The van der Waals surface area contributed by atoms with Crippen LogP contribution in [0.5, 0.6) is 11.5 Å². The highest BCUT2D eigenvalue weighted by Crippen LogP contribution is 2.52. The van der Waals surface area contributed by atoms with E-state index in [9.17, 15) is 9.59 Å². The summed E-state index contributed by atoms with van der Waals surface area (Å²) in [5, 5.41) is 0. The Labute approximate surface area is 183 Å². The molecule has 0 radical (unpaired) electrons. The number of benzene rings is 2. The summed E-state index contributed by atoms with van der Waals surface area (Å²) in [7, 11) is 1.60. The van der Waals surface area contributed by atoms with Gasteiger partial charge in [0.15, 0.2) is 12.1 Å². The van der Waals surface area contributed by atoms with Crippen LogP contribution in [0.3, 0.4) is 0 Å². The van der Waals surface area contributed by atoms with E-state index in [0.717, 1.165) is 21.2 Å². The second-order valence-corrected chi connectivity index (χ2v) is 8.16. The minimum absolute atomic E-state index is 0.0350. The number of rotatable bonds is 7. The zero-order chi connectivity index (χ0) is 21.1. The number of ether oxygens (including phenoxy) is 2. The number of hydrogen-bond donors (Lipinski definition) is 0. The smallest absolute Gasteiger partial charge is 0.195 e. The number of carbonyl (C=O) groups is 2. The molecular formula is C24H20BrNO4. The number of carbonyl (C=O) groups excluding carboxylic acids is 2. The van der Waals surface area contributed by atoms with Crippen LogP contribution < -0.4 is 9.47 Å². The van der Waals surface area contributed by atoms with Crippen LogP contribution in [0.1, 0.15) is 29.0 Å². The molecule has 0 saturated heterocycles. The van der Waals surface area contributed by atoms with E-state index in [0.29, 0.717) is 24.2 Å². The minimum atomic E-state index is -0.890. The van der Waals surface area contributed by atoms with Gasteiger partial charge in [-0.25, -0.2) is 0 Å². The zero-order valence-electron chi connectivity index (χ0n) is 16.4. The molecular weight excluding hydrogens is 446 g/mol. The molecule has 5 nitrogen and oxygen atoms in total. The molecule has 6 heteroatoms. The molecule has 1 aromatic heterocycles. The van der Waals surface area contributed by atoms with Gasteiger partial charge < -0.3 is 9.47 Å². The maximum Gasteiger partial charge on any atom is 0.195 e. The predicted octanol–water partition coefficient (Wildman–Crippen LogP) is 4.63. The van der Waals surface area contributed by atoms with Crippen molar-refractivity contribution in [1.82, 2.24) is 4.98 Å². The number of aldehydes is 1. The lowest BCUT2D eigenvalue weighted by atomic mass is 9.72. The van der Waals surface area contributed by atoms with Gasteiger partial charge >= 0.3 is 0 Å². The number of ketones is 1. The van der Waals surface area contributed by atoms with E-state index in [2.05, 4.69) is 20.9 Å². The Balaban J connectivity index is 1.91. The van der Waals surface area contributed by atoms with Crippen LogP contribution in [0.25, 0.3) is 0 Å². The number of pyridine rings is 1. The first-order valence-corrected chi connectivity index (χ1v) is 10.4. The second kappa shape index (κ2) is 8.40. The average molecular weight is 466 g/mol. The summed E-state index contributed by atoms with van der Waals surface area (Å²) in [6.45, 7) is 0. The Kier molecular flexibility index (Phi) is 5.68. The third kappa shape index (κ3) is 3.63. The van der Waals surface area contributed by atoms with Crippen molar-refractivity contribution >= 4 is 28.0 Å². The topological polar surface area (TPSA) is 65.5 Å². The first-order chi connectivity index (χ1) is 14.6. The van der Waals surface area contributed by atoms with Gasteiger partial charge in [-0.15, -0.1) is 0 Å². The van der Waals surface area contributed by atoms with Crippen LogP contribution in [-0.2, 0) is 21.6 Å². The zero-order valence-corrected chi connectivity index (χ0v) is 18.0. The number of halogens is 1. The third-order valence-corrected chi connectivity index (χ3v) is 6.09. The van der Waals surface area contributed by atoms with E-state index < -0.39 is 11.4 Å². The molecule has 152 valence electrons. The highest BCUT2D eigenvalue weighted by Gasteiger charge is 2.50. The number of methoxy groups -OCH3 is 1. The maximum absolute atomic E-state index is 12.3. The normalized spacial score (nSPS) is 18.2. The summed E-state index contributed by atoms with van der Waals surface area (Å²) in [5.41, 5.74) is 1.85. The molecule has 30 heavy (non-hydrogen) atoms. The lowest BCUT2D eigenvalue weighted by Crippen LogP contribution is -2.39. The average Bonchev–Trinajstić information content (AvgIpc) is 3.18. The van der Waals surface area contributed by atoms with Gasteiger partial charge in [0, 0.05) is 28.8 Å². The van der Waals surface area contributed by atoms with Crippen LogP contribution >= 0.6 is 15.9 Å². The number of nitrogens with zero attached hydrogens (tertiary/aromatic N) is 1. The number of Topliss-reactive ketones (excluding diaryl/α,β-unsaturated/α-hetero) is 1. The second-order valence-electron chi connectivity index (χ2n) is 7.25. The van der Waals surface area contributed by atoms with E-state index in [-0.39, 0.29) is 12.3 Å². The third-order valence-electron chi connectivity index (χ3n) is 5.56. The van der Waals surface area contributed by atoms with Gasteiger partial charge in [-0.2, -0.15) is 0 Å². The first kappa shape index (κ1) is 20.3. The Morgan fingerprint density at radius 3 is 2.60 bits per heavy atom. The Bertz CT molecular complexity index is 1070. The van der Waals surface area contributed by atoms with Crippen molar-refractivity contribution in [3.63, 3.8) is 0 Å². The fraction of sp³-hybridized carbons (Fsp3) is 0.208. The minimum Gasteiger partial charge on any atom is -0.495 e. The fourth-order valence-corrected chi connectivity index (χ4v) is 4.42. The van der Waals surface area contributed by atoms with Crippen LogP contribution in [0.4, 0.5) is 0 Å². The fourth-order valence-electron chi connectivity index (χ4n) is 4.16. The highest BCUT2D eigenvalue weighted by molar-refractivity contribution is 9.10. The van der Waals surface area contributed by atoms with Gasteiger partial charge in [-0.1, -0.05) is 58.4 Å². The maximum atomic E-state index is 12.3. The summed E-state index contributed by atoms with van der Waals surface area (Å²) in [6.07, 6.45) is 4.24. The molecule has 0 saturated carbocycles. The van der Waals surface area contributed by atoms with Crippen molar-refractivity contribution in [2.45, 2.75) is 24.4 Å². The Hall–Kier alpha value is -2.99. The van der Waals surface area contributed by atoms with Crippen molar-refractivity contribution < 1.29 is 19.1 Å². The molecule has 1 aliphatic rings. The van der Waals surface area contributed by atoms with E-state index in [1.54, 1.807) is 19.5 Å². The molecule has 0 bridgehead atoms. The van der Waals surface area contributed by atoms with Crippen molar-refractivity contribution in [3.05, 3.63) is 88.2 Å². The van der Waals surface area contributed by atoms with Gasteiger partial charge in [0.2, 0.25) is 0 Å². The molecule has 2 atom stereocenters. The lowest BCUT2D eigenvalue weighted by molar-refractivity contribution is -0.131. The summed E-state index contributed by atoms with van der Waals surface area (Å²) in [4.78, 5) is 27.8. The predicted molar refractivity (Wildman–Crippen MR) is 116 cm³/mol. The van der Waals surface area contributed by atoms with Crippen LogP contribution in [0, 0.1) is 0 Å². The van der Waals surface area contributed by atoms with Crippen molar-refractivity contribution in [2.24, 2.45) is 0 Å². The number of fused-ring (bicyclic) bond motifs is 1. The lowest BCUT2D eigenvalue weighted by Gasteiger charge is -2.37. The van der Waals surface area contributed by atoms with Crippen LogP contribution in [0.2, 0.25) is 0 Å². The van der Waals surface area contributed by atoms with E-state index in [4.69, 9.17) is 9.47 Å². The standard InChI is InChI=1S/C24H20BrNO4/c1-29-22-13-26-14-23-20(22)12-24(30-23,17-7-9-18(25)10-8-17)21(11-19(28)15-27)16-5-3-2-4-6-16/h2-10,13-15,21H,11-12H2,1H3/t21-,24-/m0/s1. The van der Waals surface area contributed by atoms with E-state index in [1.165, 1.54) is 0 Å². The molecule has 0 amide bonds. The molecule has 0 spiro atoms. The molecule has 3 aromatic rings. The van der Waals surface area contributed by atoms with E-state index >= 15 is 0 Å². The van der Waals surface area contributed by atoms with Crippen molar-refractivity contribution in [3.8, 4) is 11.5 Å². The number of aromatic nitrogens is 1. The monoisotopic (exact) mass is 465 g/mol. The van der Waals surface area contributed by atoms with Crippen LogP contribution in [0.15, 0.2) is 71.5 Å². The van der Waals surface area contributed by atoms with Crippen LogP contribution in [-0.4, -0.2) is 24.2 Å². The molecule has 0 aliphatic carbocycles. The Morgan fingerprint density at radius 2 is 1.93 bits per heavy atom. The van der Waals surface area contributed by atoms with Gasteiger partial charge in [0.05, 0.1) is 19.5 Å². The largest absolute Gasteiger partial charge is 0.495 e. The van der Waals surface area contributed by atoms with Crippen molar-refractivity contribution in [1.29, 1.82) is 0 Å². The molecule has 4 rings (SSSR count). The quantitative estimate of drug-likeness (QED) is 0.376. The highest BCUT2D eigenvalue weighted by atomic mass is 79.9. The first-order valence-electron chi connectivity index (χ1n) is 9.56. The van der Waals surface area contributed by atoms with Gasteiger partial charge in [-0.3, -0.25) is 14.6 Å². The van der Waals surface area contributed by atoms with Gasteiger partial charge in [-0.05, 0) is 23.3 Å². The Morgan fingerprint density at radius 1 is 1.20 bits per heavy atom. The van der Waals surface area contributed by atoms with E-state index in [1.807, 2.05) is 54.6 Å². The summed E-state index contributed by atoms with van der Waals surface area (Å²) >= 11 is 3.48. The summed E-state index contributed by atoms with van der Waals surface area (Å²) in [6, 6.07) is 17.6. The molecule has 0 fully saturated rings. The molecule has 1 aliphatic heterocycles. The van der Waals surface area contributed by atoms with Crippen molar-refractivity contribution in [2.75, 3.05) is 7.11 Å². The van der Waals surface area contributed by atoms with Gasteiger partial charge in [0.1, 0.15) is 17.1 Å². The summed E-state index contributed by atoms with van der Waals surface area (Å²) in [5.74, 6) is 0.413. The molecule has 0 unspecified atom stereocenters. The van der Waals surface area contributed by atoms with Gasteiger partial charge in [0.25, 0.3) is 0 Å². The number of hydrogen-bond acceptors (Lipinski definition) is 5. The molecule has 2 aromatic carbocycles. The molecule has 2 heterocycles. The SMILES string of the molecule is COc1cncc2c1C[C@](c1ccc(Br)cc1)([C@@H](CC(=O)C=O)c1ccccc1)O2. The molecule has 0 N–H and O–H groups in total.